The van der Waals surface area contributed by atoms with Crippen LogP contribution in [0.5, 0.6) is 0 Å². The Morgan fingerprint density at radius 3 is 2.81 bits per heavy atom. The molecule has 90 valence electrons. The first-order valence-electron chi connectivity index (χ1n) is 6.10. The lowest BCUT2D eigenvalue weighted by Gasteiger charge is -2.49. The molecule has 1 aliphatic carbocycles. The van der Waals surface area contributed by atoms with E-state index in [-0.39, 0.29) is 11.5 Å². The van der Waals surface area contributed by atoms with E-state index in [1.165, 1.54) is 5.56 Å². The molecule has 1 saturated carbocycles. The fourth-order valence-corrected chi connectivity index (χ4v) is 2.28. The second kappa shape index (κ2) is 4.22. The van der Waals surface area contributed by atoms with Gasteiger partial charge in [-0.1, -0.05) is 13.8 Å². The zero-order chi connectivity index (χ0) is 11.8. The minimum absolute atomic E-state index is 0.0212. The Balaban J connectivity index is 1.84. The van der Waals surface area contributed by atoms with Gasteiger partial charge in [-0.05, 0) is 25.0 Å². The van der Waals surface area contributed by atoms with E-state index in [9.17, 15) is 5.11 Å². The van der Waals surface area contributed by atoms with Crippen molar-refractivity contribution in [2.75, 3.05) is 0 Å². The van der Waals surface area contributed by atoms with Crippen LogP contribution in [0, 0.1) is 5.41 Å². The topological polar surface area (TPSA) is 37.2 Å². The van der Waals surface area contributed by atoms with Crippen molar-refractivity contribution < 1.29 is 5.11 Å². The maximum absolute atomic E-state index is 9.64. The Kier molecular flexibility index (Phi) is 3.08. The molecule has 2 unspecified atom stereocenters. The lowest BCUT2D eigenvalue weighted by atomic mass is 9.64. The fourth-order valence-electron chi connectivity index (χ4n) is 2.28. The maximum atomic E-state index is 9.64. The van der Waals surface area contributed by atoms with Gasteiger partial charge in [-0.2, -0.15) is 0 Å². The molecule has 0 bridgehead atoms. The highest BCUT2D eigenvalue weighted by Gasteiger charge is 2.46. The number of aliphatic hydroxyl groups is 1. The molecule has 1 fully saturated rings. The van der Waals surface area contributed by atoms with Crippen molar-refractivity contribution in [3.63, 3.8) is 0 Å². The fraction of sp³-hybridized carbons (Fsp3) is 0.692. The van der Waals surface area contributed by atoms with E-state index in [0.717, 1.165) is 19.5 Å². The number of aromatic nitrogens is 1. The minimum atomic E-state index is -0.148. The van der Waals surface area contributed by atoms with Gasteiger partial charge in [-0.3, -0.25) is 0 Å². The summed E-state index contributed by atoms with van der Waals surface area (Å²) in [6.45, 7) is 8.30. The van der Waals surface area contributed by atoms with Gasteiger partial charge in [0, 0.05) is 36.9 Å². The SMILES string of the molecule is CCn1ccc(CNC2CC(O)C2(C)C)c1. The summed E-state index contributed by atoms with van der Waals surface area (Å²) in [5.41, 5.74) is 1.34. The quantitative estimate of drug-likeness (QED) is 0.814. The third-order valence-corrected chi connectivity index (χ3v) is 3.95. The van der Waals surface area contributed by atoms with E-state index in [1.807, 2.05) is 0 Å². The molecule has 2 rings (SSSR count). The Labute approximate surface area is 97.5 Å². The Morgan fingerprint density at radius 2 is 2.31 bits per heavy atom. The van der Waals surface area contributed by atoms with Gasteiger partial charge in [-0.25, -0.2) is 0 Å². The number of aliphatic hydroxyl groups excluding tert-OH is 1. The Morgan fingerprint density at radius 1 is 1.56 bits per heavy atom. The van der Waals surface area contributed by atoms with Crippen LogP contribution in [0.3, 0.4) is 0 Å². The van der Waals surface area contributed by atoms with Gasteiger partial charge in [0.25, 0.3) is 0 Å². The monoisotopic (exact) mass is 222 g/mol. The number of rotatable bonds is 4. The molecule has 2 atom stereocenters. The van der Waals surface area contributed by atoms with E-state index in [0.29, 0.717) is 6.04 Å². The molecular formula is C13H22N2O. The number of hydrogen-bond donors (Lipinski definition) is 2. The van der Waals surface area contributed by atoms with E-state index >= 15 is 0 Å². The lowest BCUT2D eigenvalue weighted by Crippen LogP contribution is -2.59. The van der Waals surface area contributed by atoms with Crippen LogP contribution in [0.25, 0.3) is 0 Å². The standard InChI is InChI=1S/C13H22N2O/c1-4-15-6-5-10(9-15)8-14-11-7-12(16)13(11,2)3/h5-6,9,11-12,14,16H,4,7-8H2,1-3H3. The Bertz CT molecular complexity index is 357. The summed E-state index contributed by atoms with van der Waals surface area (Å²) in [5, 5.41) is 13.2. The summed E-state index contributed by atoms with van der Waals surface area (Å²) in [7, 11) is 0. The molecule has 0 aliphatic heterocycles. The third kappa shape index (κ3) is 2.02. The van der Waals surface area contributed by atoms with Gasteiger partial charge in [-0.15, -0.1) is 0 Å². The van der Waals surface area contributed by atoms with E-state index in [4.69, 9.17) is 0 Å². The minimum Gasteiger partial charge on any atom is -0.392 e. The number of hydrogen-bond acceptors (Lipinski definition) is 2. The van der Waals surface area contributed by atoms with Crippen molar-refractivity contribution in [2.45, 2.75) is 52.4 Å². The van der Waals surface area contributed by atoms with Crippen LogP contribution in [-0.4, -0.2) is 21.8 Å². The molecule has 3 heteroatoms. The van der Waals surface area contributed by atoms with Crippen LogP contribution < -0.4 is 5.32 Å². The number of nitrogens with zero attached hydrogens (tertiary/aromatic N) is 1. The van der Waals surface area contributed by atoms with E-state index in [1.54, 1.807) is 0 Å². The molecule has 1 aromatic rings. The van der Waals surface area contributed by atoms with Crippen molar-refractivity contribution in [2.24, 2.45) is 5.41 Å². The van der Waals surface area contributed by atoms with Gasteiger partial charge in [0.1, 0.15) is 0 Å². The first-order valence-corrected chi connectivity index (χ1v) is 6.10. The largest absolute Gasteiger partial charge is 0.392 e. The van der Waals surface area contributed by atoms with Crippen molar-refractivity contribution in [3.05, 3.63) is 24.0 Å². The molecule has 2 N–H and O–H groups in total. The first kappa shape index (κ1) is 11.7. The summed E-state index contributed by atoms with van der Waals surface area (Å²) >= 11 is 0. The number of nitrogens with one attached hydrogen (secondary N) is 1. The normalized spacial score (nSPS) is 27.8. The van der Waals surface area contributed by atoms with Crippen LogP contribution in [0.2, 0.25) is 0 Å². The van der Waals surface area contributed by atoms with E-state index < -0.39 is 0 Å². The van der Waals surface area contributed by atoms with Gasteiger partial charge in [0.05, 0.1) is 6.10 Å². The van der Waals surface area contributed by atoms with Crippen LogP contribution in [0.15, 0.2) is 18.5 Å². The zero-order valence-electron chi connectivity index (χ0n) is 10.4. The molecule has 16 heavy (non-hydrogen) atoms. The molecular weight excluding hydrogens is 200 g/mol. The summed E-state index contributed by atoms with van der Waals surface area (Å²) in [4.78, 5) is 0. The van der Waals surface area contributed by atoms with Gasteiger partial charge >= 0.3 is 0 Å². The molecule has 1 aliphatic rings. The van der Waals surface area contributed by atoms with Gasteiger partial charge in [0.2, 0.25) is 0 Å². The summed E-state index contributed by atoms with van der Waals surface area (Å²) in [6, 6.07) is 2.59. The van der Waals surface area contributed by atoms with Crippen LogP contribution in [0.4, 0.5) is 0 Å². The van der Waals surface area contributed by atoms with Crippen molar-refractivity contribution in [1.82, 2.24) is 9.88 Å². The first-order chi connectivity index (χ1) is 7.54. The Hall–Kier alpha value is -0.800. The highest BCUT2D eigenvalue weighted by Crippen LogP contribution is 2.40. The van der Waals surface area contributed by atoms with Crippen LogP contribution in [0.1, 0.15) is 32.8 Å². The van der Waals surface area contributed by atoms with Crippen molar-refractivity contribution in [3.8, 4) is 0 Å². The van der Waals surface area contributed by atoms with Crippen LogP contribution in [-0.2, 0) is 13.1 Å². The van der Waals surface area contributed by atoms with Crippen LogP contribution >= 0.6 is 0 Å². The number of aryl methyl sites for hydroxylation is 1. The maximum Gasteiger partial charge on any atom is 0.0621 e. The second-order valence-corrected chi connectivity index (χ2v) is 5.36. The molecule has 0 radical (unpaired) electrons. The van der Waals surface area contributed by atoms with Gasteiger partial charge < -0.3 is 15.0 Å². The van der Waals surface area contributed by atoms with Gasteiger partial charge in [0.15, 0.2) is 0 Å². The summed E-state index contributed by atoms with van der Waals surface area (Å²) < 4.78 is 2.18. The zero-order valence-corrected chi connectivity index (χ0v) is 10.4. The molecule has 1 heterocycles. The predicted octanol–water partition coefficient (Wildman–Crippen LogP) is 1.76. The molecule has 0 aromatic carbocycles. The highest BCUT2D eigenvalue weighted by molar-refractivity contribution is 5.11. The average Bonchev–Trinajstić information content (AvgIpc) is 2.71. The van der Waals surface area contributed by atoms with Crippen molar-refractivity contribution >= 4 is 0 Å². The molecule has 1 aromatic heterocycles. The highest BCUT2D eigenvalue weighted by atomic mass is 16.3. The third-order valence-electron chi connectivity index (χ3n) is 3.95. The molecule has 0 spiro atoms. The summed E-state index contributed by atoms with van der Waals surface area (Å²) in [5.74, 6) is 0. The second-order valence-electron chi connectivity index (χ2n) is 5.36. The summed E-state index contributed by atoms with van der Waals surface area (Å²) in [6.07, 6.45) is 5.01. The molecule has 0 amide bonds. The lowest BCUT2D eigenvalue weighted by molar-refractivity contribution is -0.0729. The predicted molar refractivity (Wildman–Crippen MR) is 65.1 cm³/mol. The van der Waals surface area contributed by atoms with Crippen molar-refractivity contribution in [1.29, 1.82) is 0 Å². The van der Waals surface area contributed by atoms with E-state index in [2.05, 4.69) is 49.1 Å². The molecule has 0 saturated heterocycles. The smallest absolute Gasteiger partial charge is 0.0621 e. The average molecular weight is 222 g/mol. The molecule has 3 nitrogen and oxygen atoms in total.